The van der Waals surface area contributed by atoms with E-state index in [1.807, 2.05) is 17.8 Å². The molecule has 4 rings (SSSR count). The van der Waals surface area contributed by atoms with Gasteiger partial charge in [0.1, 0.15) is 5.00 Å². The van der Waals surface area contributed by atoms with Crippen LogP contribution in [0.4, 0.5) is 5.00 Å². The molecule has 3 heterocycles. The van der Waals surface area contributed by atoms with Crippen molar-refractivity contribution >= 4 is 39.6 Å². The van der Waals surface area contributed by atoms with Crippen LogP contribution in [0.3, 0.4) is 0 Å². The Hall–Kier alpha value is -1.97. The Bertz CT molecular complexity index is 991. The zero-order valence-corrected chi connectivity index (χ0v) is 21.6. The summed E-state index contributed by atoms with van der Waals surface area (Å²) >= 11 is 7.46. The number of carbonyl (C=O) groups excluding carboxylic acids is 1. The molecule has 0 unspecified atom stereocenters. The zero-order chi connectivity index (χ0) is 23.4. The monoisotopic (exact) mass is 489 g/mol. The Kier molecular flexibility index (Phi) is 8.03. The van der Waals surface area contributed by atoms with Gasteiger partial charge in [-0.05, 0) is 64.2 Å². The summed E-state index contributed by atoms with van der Waals surface area (Å²) in [6, 6.07) is 0. The predicted octanol–water partition coefficient (Wildman–Crippen LogP) is 4.23. The van der Waals surface area contributed by atoms with Gasteiger partial charge in [-0.3, -0.25) is 9.58 Å². The van der Waals surface area contributed by atoms with Crippen LogP contribution in [0.1, 0.15) is 65.2 Å². The number of rotatable bonds is 6. The first-order valence-corrected chi connectivity index (χ1v) is 13.4. The van der Waals surface area contributed by atoms with Gasteiger partial charge in [0, 0.05) is 55.4 Å². The molecule has 1 aliphatic heterocycles. The maximum Gasteiger partial charge on any atom is 0.341 e. The molecule has 2 aromatic heterocycles. The van der Waals surface area contributed by atoms with Crippen LogP contribution in [0.25, 0.3) is 0 Å². The second-order valence-electron chi connectivity index (χ2n) is 8.75. The van der Waals surface area contributed by atoms with E-state index in [-0.39, 0.29) is 5.97 Å². The predicted molar refractivity (Wildman–Crippen MR) is 137 cm³/mol. The molecule has 1 fully saturated rings. The van der Waals surface area contributed by atoms with Gasteiger partial charge < -0.3 is 15.0 Å². The summed E-state index contributed by atoms with van der Waals surface area (Å²) in [7, 11) is 0. The number of aromatic nitrogens is 2. The van der Waals surface area contributed by atoms with Crippen molar-refractivity contribution in [3.05, 3.63) is 33.5 Å². The van der Waals surface area contributed by atoms with Crippen LogP contribution in [-0.2, 0) is 30.7 Å². The van der Waals surface area contributed by atoms with E-state index in [2.05, 4.69) is 34.1 Å². The zero-order valence-electron chi connectivity index (χ0n) is 20.0. The van der Waals surface area contributed by atoms with Gasteiger partial charge in [0.15, 0.2) is 5.11 Å². The fourth-order valence-corrected chi connectivity index (χ4v) is 6.36. The molecule has 0 aromatic carbocycles. The standard InChI is InChI=1S/C24H35N5O2S2/c1-4-29-17(3)18(15-25-29)16-27-11-13-28(14-12-27)24(32)26-22-21(23(30)31-5-2)19-9-7-6-8-10-20(19)33-22/h15H,4-14,16H2,1-3H3,(H,26,32). The fourth-order valence-electron chi connectivity index (χ4n) is 4.74. The van der Waals surface area contributed by atoms with E-state index >= 15 is 0 Å². The summed E-state index contributed by atoms with van der Waals surface area (Å²) in [6.07, 6.45) is 7.49. The number of thiocarbonyl (C=S) groups is 1. The number of thiophene rings is 1. The molecule has 180 valence electrons. The minimum absolute atomic E-state index is 0.227. The summed E-state index contributed by atoms with van der Waals surface area (Å²) in [5, 5.41) is 9.45. The minimum Gasteiger partial charge on any atom is -0.462 e. The Morgan fingerprint density at radius 1 is 1.18 bits per heavy atom. The largest absolute Gasteiger partial charge is 0.462 e. The Morgan fingerprint density at radius 2 is 1.94 bits per heavy atom. The van der Waals surface area contributed by atoms with Crippen molar-refractivity contribution in [1.29, 1.82) is 0 Å². The van der Waals surface area contributed by atoms with E-state index < -0.39 is 0 Å². The number of esters is 1. The molecule has 1 aliphatic carbocycles. The topological polar surface area (TPSA) is 62.6 Å². The summed E-state index contributed by atoms with van der Waals surface area (Å²) in [5.74, 6) is -0.227. The van der Waals surface area contributed by atoms with Gasteiger partial charge in [0.05, 0.1) is 18.4 Å². The SMILES string of the molecule is CCOC(=O)c1c(NC(=S)N2CCN(Cc3cnn(CC)c3C)CC2)sc2c1CCCCC2. The number of carbonyl (C=O) groups is 1. The first-order valence-electron chi connectivity index (χ1n) is 12.1. The van der Waals surface area contributed by atoms with Crippen molar-refractivity contribution in [3.63, 3.8) is 0 Å². The van der Waals surface area contributed by atoms with Crippen LogP contribution >= 0.6 is 23.6 Å². The van der Waals surface area contributed by atoms with E-state index in [0.717, 1.165) is 63.5 Å². The number of fused-ring (bicyclic) bond motifs is 1. The molecule has 2 aromatic rings. The quantitative estimate of drug-likeness (QED) is 0.370. The van der Waals surface area contributed by atoms with Gasteiger partial charge in [-0.2, -0.15) is 5.10 Å². The van der Waals surface area contributed by atoms with E-state index in [0.29, 0.717) is 17.3 Å². The summed E-state index contributed by atoms with van der Waals surface area (Å²) in [4.78, 5) is 18.8. The Labute approximate surface area is 206 Å². The number of piperazine rings is 1. The van der Waals surface area contributed by atoms with Crippen LogP contribution in [0.5, 0.6) is 0 Å². The molecule has 33 heavy (non-hydrogen) atoms. The third kappa shape index (κ3) is 5.41. The third-order valence-corrected chi connectivity index (χ3v) is 8.25. The van der Waals surface area contributed by atoms with E-state index in [1.165, 1.54) is 34.5 Å². The smallest absolute Gasteiger partial charge is 0.341 e. The molecule has 0 radical (unpaired) electrons. The lowest BCUT2D eigenvalue weighted by Crippen LogP contribution is -2.49. The molecular weight excluding hydrogens is 454 g/mol. The molecule has 0 bridgehead atoms. The number of nitrogens with zero attached hydrogens (tertiary/aromatic N) is 4. The van der Waals surface area contributed by atoms with E-state index in [9.17, 15) is 4.79 Å². The van der Waals surface area contributed by atoms with Crippen molar-refractivity contribution in [2.24, 2.45) is 0 Å². The van der Waals surface area contributed by atoms with Crippen LogP contribution in [0, 0.1) is 6.92 Å². The molecule has 1 N–H and O–H groups in total. The average Bonchev–Trinajstić information content (AvgIpc) is 3.24. The van der Waals surface area contributed by atoms with Crippen molar-refractivity contribution in [2.75, 3.05) is 38.1 Å². The van der Waals surface area contributed by atoms with Crippen LogP contribution in [-0.4, -0.2) is 63.4 Å². The second-order valence-corrected chi connectivity index (χ2v) is 10.2. The third-order valence-electron chi connectivity index (χ3n) is 6.68. The summed E-state index contributed by atoms with van der Waals surface area (Å²) in [5.41, 5.74) is 4.43. The lowest BCUT2D eigenvalue weighted by atomic mass is 10.1. The van der Waals surface area contributed by atoms with Gasteiger partial charge in [0.25, 0.3) is 0 Å². The van der Waals surface area contributed by atoms with Crippen molar-refractivity contribution < 1.29 is 9.53 Å². The molecule has 7 nitrogen and oxygen atoms in total. The molecule has 0 saturated carbocycles. The van der Waals surface area contributed by atoms with Crippen LogP contribution in [0.2, 0.25) is 0 Å². The highest BCUT2D eigenvalue weighted by Gasteiger charge is 2.27. The molecule has 1 saturated heterocycles. The lowest BCUT2D eigenvalue weighted by Gasteiger charge is -2.36. The summed E-state index contributed by atoms with van der Waals surface area (Å²) < 4.78 is 7.46. The van der Waals surface area contributed by atoms with Gasteiger partial charge >= 0.3 is 5.97 Å². The molecule has 9 heteroatoms. The maximum atomic E-state index is 12.8. The Morgan fingerprint density at radius 3 is 2.64 bits per heavy atom. The normalized spacial score (nSPS) is 16.9. The van der Waals surface area contributed by atoms with Gasteiger partial charge in [0.2, 0.25) is 0 Å². The molecule has 0 amide bonds. The van der Waals surface area contributed by atoms with Gasteiger partial charge in [-0.15, -0.1) is 11.3 Å². The van der Waals surface area contributed by atoms with Gasteiger partial charge in [-0.25, -0.2) is 4.79 Å². The first-order chi connectivity index (χ1) is 16.0. The molecular formula is C24H35N5O2S2. The average molecular weight is 490 g/mol. The minimum atomic E-state index is -0.227. The van der Waals surface area contributed by atoms with Gasteiger partial charge in [-0.1, -0.05) is 6.42 Å². The lowest BCUT2D eigenvalue weighted by molar-refractivity contribution is 0.0527. The molecule has 0 atom stereocenters. The fraction of sp³-hybridized carbons (Fsp3) is 0.625. The van der Waals surface area contributed by atoms with E-state index in [1.54, 1.807) is 11.3 Å². The Balaban J connectivity index is 1.39. The molecule has 0 spiro atoms. The number of aryl methyl sites for hydroxylation is 2. The number of hydrogen-bond acceptors (Lipinski definition) is 6. The molecule has 2 aliphatic rings. The highest BCUT2D eigenvalue weighted by atomic mass is 32.1. The van der Waals surface area contributed by atoms with Crippen molar-refractivity contribution in [2.45, 2.75) is 66.0 Å². The number of anilines is 1. The number of hydrogen-bond donors (Lipinski definition) is 1. The summed E-state index contributed by atoms with van der Waals surface area (Å²) in [6.45, 7) is 12.0. The highest BCUT2D eigenvalue weighted by Crippen LogP contribution is 2.38. The van der Waals surface area contributed by atoms with Crippen LogP contribution < -0.4 is 5.32 Å². The van der Waals surface area contributed by atoms with Crippen molar-refractivity contribution in [1.82, 2.24) is 19.6 Å². The number of ether oxygens (including phenoxy) is 1. The number of nitrogens with one attached hydrogen (secondary N) is 1. The van der Waals surface area contributed by atoms with Crippen LogP contribution in [0.15, 0.2) is 6.20 Å². The first kappa shape index (κ1) is 24.2. The highest BCUT2D eigenvalue weighted by molar-refractivity contribution is 7.80. The van der Waals surface area contributed by atoms with E-state index in [4.69, 9.17) is 17.0 Å². The maximum absolute atomic E-state index is 12.8. The second kappa shape index (κ2) is 11.0. The van der Waals surface area contributed by atoms with Crippen molar-refractivity contribution in [3.8, 4) is 0 Å².